The first kappa shape index (κ1) is 24.3. The van der Waals surface area contributed by atoms with Crippen molar-refractivity contribution in [2.75, 3.05) is 19.7 Å². The van der Waals surface area contributed by atoms with Gasteiger partial charge in [0.25, 0.3) is 0 Å². The van der Waals surface area contributed by atoms with Crippen molar-refractivity contribution >= 4 is 26.8 Å². The van der Waals surface area contributed by atoms with Gasteiger partial charge in [0.1, 0.15) is 11.8 Å². The quantitative estimate of drug-likeness (QED) is 0.512. The van der Waals surface area contributed by atoms with Crippen molar-refractivity contribution in [3.63, 3.8) is 0 Å². The highest BCUT2D eigenvalue weighted by Gasteiger charge is 2.26. The number of aromatic nitrogens is 1. The molecule has 0 spiro atoms. The van der Waals surface area contributed by atoms with Crippen LogP contribution in [-0.2, 0) is 21.4 Å². The summed E-state index contributed by atoms with van der Waals surface area (Å²) in [6.45, 7) is 5.97. The van der Waals surface area contributed by atoms with Gasteiger partial charge in [-0.1, -0.05) is 25.0 Å². The Labute approximate surface area is 201 Å². The van der Waals surface area contributed by atoms with E-state index in [2.05, 4.69) is 5.32 Å². The highest BCUT2D eigenvalue weighted by molar-refractivity contribution is 7.89. The van der Waals surface area contributed by atoms with Crippen molar-refractivity contribution in [3.05, 3.63) is 60.3 Å². The first-order valence-electron chi connectivity index (χ1n) is 12.0. The van der Waals surface area contributed by atoms with Gasteiger partial charge in [-0.3, -0.25) is 4.79 Å². The third-order valence-electron chi connectivity index (χ3n) is 6.39. The first-order valence-corrected chi connectivity index (χ1v) is 13.4. The highest BCUT2D eigenvalue weighted by Crippen LogP contribution is 2.26. The molecule has 8 heteroatoms. The van der Waals surface area contributed by atoms with Crippen molar-refractivity contribution in [3.8, 4) is 5.75 Å². The Balaban J connectivity index is 1.46. The number of hydrogen-bond donors (Lipinski definition) is 1. The molecule has 1 saturated heterocycles. The predicted octanol–water partition coefficient (Wildman–Crippen LogP) is 4.48. The molecule has 182 valence electrons. The average Bonchev–Trinajstić information content (AvgIpc) is 3.06. The van der Waals surface area contributed by atoms with Gasteiger partial charge in [0.05, 0.1) is 11.5 Å². The van der Waals surface area contributed by atoms with E-state index in [1.165, 1.54) is 0 Å². The van der Waals surface area contributed by atoms with Crippen LogP contribution >= 0.6 is 0 Å². The molecule has 1 N–H and O–H groups in total. The maximum atomic E-state index is 13.2. The van der Waals surface area contributed by atoms with Crippen molar-refractivity contribution in [1.82, 2.24) is 14.2 Å². The largest absolute Gasteiger partial charge is 0.494 e. The summed E-state index contributed by atoms with van der Waals surface area (Å²) in [5.74, 6) is 0.703. The van der Waals surface area contributed by atoms with Crippen molar-refractivity contribution in [1.29, 1.82) is 0 Å². The van der Waals surface area contributed by atoms with Crippen LogP contribution < -0.4 is 10.1 Å². The number of nitrogens with one attached hydrogen (secondary N) is 1. The zero-order chi connectivity index (χ0) is 24.1. The number of amides is 1. The van der Waals surface area contributed by atoms with Gasteiger partial charge < -0.3 is 14.6 Å². The summed E-state index contributed by atoms with van der Waals surface area (Å²) in [7, 11) is -3.51. The van der Waals surface area contributed by atoms with Crippen LogP contribution in [0.15, 0.2) is 59.6 Å². The third kappa shape index (κ3) is 5.28. The van der Waals surface area contributed by atoms with Gasteiger partial charge in [-0.2, -0.15) is 4.31 Å². The smallest absolute Gasteiger partial charge is 0.243 e. The molecule has 4 rings (SSSR count). The summed E-state index contributed by atoms with van der Waals surface area (Å²) in [6.07, 6.45) is 5.80. The lowest BCUT2D eigenvalue weighted by Gasteiger charge is -2.20. The molecule has 0 saturated carbocycles. The van der Waals surface area contributed by atoms with Gasteiger partial charge in [0, 0.05) is 36.7 Å². The molecule has 7 nitrogen and oxygen atoms in total. The normalized spacial score (nSPS) is 16.2. The number of carbonyl (C=O) groups is 1. The number of nitrogens with zero attached hydrogens (tertiary/aromatic N) is 2. The SMILES string of the molecule is CCOc1ccc(CNC(=O)[C@@H](C)n2ccc3cc(S(=O)(=O)N4CCCCCC4)ccc32)cc1. The summed E-state index contributed by atoms with van der Waals surface area (Å²) >= 11 is 0. The number of fused-ring (bicyclic) bond motifs is 1. The second kappa shape index (κ2) is 10.6. The summed E-state index contributed by atoms with van der Waals surface area (Å²) in [5, 5.41) is 3.79. The van der Waals surface area contributed by atoms with Crippen LogP contribution in [0.25, 0.3) is 10.9 Å². The number of sulfonamides is 1. The second-order valence-corrected chi connectivity index (χ2v) is 10.7. The number of benzene rings is 2. The lowest BCUT2D eigenvalue weighted by Crippen LogP contribution is -2.32. The molecule has 0 bridgehead atoms. The number of ether oxygens (including phenoxy) is 1. The van der Waals surface area contributed by atoms with Crippen LogP contribution in [0, 0.1) is 0 Å². The van der Waals surface area contributed by atoms with Gasteiger partial charge >= 0.3 is 0 Å². The topological polar surface area (TPSA) is 80.6 Å². The monoisotopic (exact) mass is 483 g/mol. The molecule has 1 fully saturated rings. The van der Waals surface area contributed by atoms with Crippen molar-refractivity contribution in [2.24, 2.45) is 0 Å². The number of hydrogen-bond acceptors (Lipinski definition) is 4. The standard InChI is InChI=1S/C26H33N3O4S/c1-3-33-23-10-8-21(9-11-23)19-27-26(30)20(2)29-17-14-22-18-24(12-13-25(22)29)34(31,32)28-15-6-4-5-7-16-28/h8-14,17-18,20H,3-7,15-16,19H2,1-2H3,(H,27,30)/t20-/m1/s1. The predicted molar refractivity (Wildman–Crippen MR) is 133 cm³/mol. The van der Waals surface area contributed by atoms with Gasteiger partial charge in [0.15, 0.2) is 0 Å². The number of carbonyl (C=O) groups excluding carboxylic acids is 1. The molecule has 3 aromatic rings. The van der Waals surface area contributed by atoms with Gasteiger partial charge in [-0.25, -0.2) is 8.42 Å². The fraction of sp³-hybridized carbons (Fsp3) is 0.423. The lowest BCUT2D eigenvalue weighted by atomic mass is 10.2. The minimum absolute atomic E-state index is 0.104. The maximum absolute atomic E-state index is 13.2. The van der Waals surface area contributed by atoms with E-state index in [9.17, 15) is 13.2 Å². The minimum Gasteiger partial charge on any atom is -0.494 e. The van der Waals surface area contributed by atoms with Crippen LogP contribution in [0.1, 0.15) is 51.1 Å². The molecule has 0 radical (unpaired) electrons. The molecule has 1 aliphatic heterocycles. The number of rotatable bonds is 8. The Morgan fingerprint density at radius 2 is 1.74 bits per heavy atom. The Kier molecular flexibility index (Phi) is 7.58. The molecule has 0 aliphatic carbocycles. The maximum Gasteiger partial charge on any atom is 0.243 e. The Hall–Kier alpha value is -2.84. The Morgan fingerprint density at radius 1 is 1.03 bits per heavy atom. The van der Waals surface area contributed by atoms with Crippen LogP contribution in [0.5, 0.6) is 5.75 Å². The summed E-state index contributed by atoms with van der Waals surface area (Å²) in [6, 6.07) is 14.3. The highest BCUT2D eigenvalue weighted by atomic mass is 32.2. The van der Waals surface area contributed by atoms with E-state index in [0.29, 0.717) is 31.1 Å². The molecule has 1 aromatic heterocycles. The van der Waals surface area contributed by atoms with E-state index < -0.39 is 16.1 Å². The molecule has 2 heterocycles. The van der Waals surface area contributed by atoms with Crippen LogP contribution in [0.2, 0.25) is 0 Å². The molecule has 1 aliphatic rings. The lowest BCUT2D eigenvalue weighted by molar-refractivity contribution is -0.123. The second-order valence-electron chi connectivity index (χ2n) is 8.73. The van der Waals surface area contributed by atoms with E-state index in [4.69, 9.17) is 4.74 Å². The van der Waals surface area contributed by atoms with Crippen molar-refractivity contribution in [2.45, 2.75) is 57.0 Å². The summed E-state index contributed by atoms with van der Waals surface area (Å²) < 4.78 is 35.3. The van der Waals surface area contributed by atoms with E-state index >= 15 is 0 Å². The minimum atomic E-state index is -3.51. The summed E-state index contributed by atoms with van der Waals surface area (Å²) in [5.41, 5.74) is 1.82. The molecule has 34 heavy (non-hydrogen) atoms. The van der Waals surface area contributed by atoms with Crippen LogP contribution in [0.4, 0.5) is 0 Å². The van der Waals surface area contributed by atoms with Crippen LogP contribution in [0.3, 0.4) is 0 Å². The average molecular weight is 484 g/mol. The fourth-order valence-electron chi connectivity index (χ4n) is 4.40. The molecular weight excluding hydrogens is 450 g/mol. The van der Waals surface area contributed by atoms with Crippen LogP contribution in [-0.4, -0.2) is 42.9 Å². The third-order valence-corrected chi connectivity index (χ3v) is 8.29. The molecular formula is C26H33N3O4S. The van der Waals surface area contributed by atoms with E-state index in [1.54, 1.807) is 22.5 Å². The zero-order valence-electron chi connectivity index (χ0n) is 19.9. The van der Waals surface area contributed by atoms with Crippen molar-refractivity contribution < 1.29 is 17.9 Å². The molecule has 1 atom stereocenters. The summed E-state index contributed by atoms with van der Waals surface area (Å²) in [4.78, 5) is 13.1. The van der Waals surface area contributed by atoms with Gasteiger partial charge in [-0.15, -0.1) is 0 Å². The zero-order valence-corrected chi connectivity index (χ0v) is 20.7. The van der Waals surface area contributed by atoms with E-state index in [0.717, 1.165) is 47.9 Å². The molecule has 1 amide bonds. The first-order chi connectivity index (χ1) is 16.4. The molecule has 2 aromatic carbocycles. The Morgan fingerprint density at radius 3 is 2.41 bits per heavy atom. The molecule has 0 unspecified atom stereocenters. The van der Waals surface area contributed by atoms with E-state index in [-0.39, 0.29) is 5.91 Å². The van der Waals surface area contributed by atoms with Gasteiger partial charge in [-0.05, 0) is 68.7 Å². The van der Waals surface area contributed by atoms with Gasteiger partial charge in [0.2, 0.25) is 15.9 Å². The fourth-order valence-corrected chi connectivity index (χ4v) is 5.96. The Bertz CT molecular complexity index is 1230. The van der Waals surface area contributed by atoms with E-state index in [1.807, 2.05) is 54.9 Å².